The normalized spacial score (nSPS) is 10.2. The zero-order valence-electron chi connectivity index (χ0n) is 13.7. The first-order valence-electron chi connectivity index (χ1n) is 7.16. The highest BCUT2D eigenvalue weighted by atomic mass is 35.5. The van der Waals surface area contributed by atoms with Crippen LogP contribution in [0.2, 0.25) is 5.02 Å². The number of urea groups is 1. The van der Waals surface area contributed by atoms with Gasteiger partial charge in [0.1, 0.15) is 0 Å². The van der Waals surface area contributed by atoms with Crippen molar-refractivity contribution in [2.45, 2.75) is 11.4 Å². The van der Waals surface area contributed by atoms with Crippen LogP contribution in [0.15, 0.2) is 41.3 Å². The van der Waals surface area contributed by atoms with Crippen molar-refractivity contribution in [2.75, 3.05) is 25.8 Å². The molecular formula is C17H19ClN2O3S. The van der Waals surface area contributed by atoms with Crippen molar-refractivity contribution in [1.29, 1.82) is 0 Å². The summed E-state index contributed by atoms with van der Waals surface area (Å²) in [6.45, 7) is 0.362. The summed E-state index contributed by atoms with van der Waals surface area (Å²) < 4.78 is 10.4. The fraction of sp³-hybridized carbons (Fsp3) is 0.235. The van der Waals surface area contributed by atoms with E-state index in [1.807, 2.05) is 24.5 Å². The molecule has 0 saturated heterocycles. The lowest BCUT2D eigenvalue weighted by Crippen LogP contribution is -2.28. The molecule has 0 heterocycles. The smallest absolute Gasteiger partial charge is 0.319 e. The Bertz CT molecular complexity index is 725. The van der Waals surface area contributed by atoms with Gasteiger partial charge in [0, 0.05) is 16.5 Å². The minimum Gasteiger partial charge on any atom is -0.493 e. The standard InChI is InChI=1S/C17H19ClN2O3S/c1-22-14-6-4-11(8-15(14)23-2)10-19-17(21)20-13-9-12(18)5-7-16(13)24-3/h4-9H,10H2,1-3H3,(H2,19,20,21). The van der Waals surface area contributed by atoms with Crippen LogP contribution in [-0.4, -0.2) is 26.5 Å². The van der Waals surface area contributed by atoms with Crippen molar-refractivity contribution in [2.24, 2.45) is 0 Å². The van der Waals surface area contributed by atoms with Crippen LogP contribution < -0.4 is 20.1 Å². The molecule has 0 atom stereocenters. The maximum Gasteiger partial charge on any atom is 0.319 e. The summed E-state index contributed by atoms with van der Waals surface area (Å²) in [5.41, 5.74) is 1.58. The average molecular weight is 367 g/mol. The van der Waals surface area contributed by atoms with E-state index in [4.69, 9.17) is 21.1 Å². The van der Waals surface area contributed by atoms with E-state index in [2.05, 4.69) is 10.6 Å². The predicted molar refractivity (Wildman–Crippen MR) is 98.6 cm³/mol. The molecule has 0 aliphatic heterocycles. The number of hydrogen-bond acceptors (Lipinski definition) is 4. The second-order valence-corrected chi connectivity index (χ2v) is 6.13. The van der Waals surface area contributed by atoms with Crippen molar-refractivity contribution in [3.63, 3.8) is 0 Å². The SMILES string of the molecule is COc1ccc(CNC(=O)Nc2cc(Cl)ccc2SC)cc1OC. The highest BCUT2D eigenvalue weighted by molar-refractivity contribution is 7.98. The molecule has 0 spiro atoms. The summed E-state index contributed by atoms with van der Waals surface area (Å²) in [5.74, 6) is 1.27. The highest BCUT2D eigenvalue weighted by Crippen LogP contribution is 2.29. The van der Waals surface area contributed by atoms with Gasteiger partial charge in [-0.3, -0.25) is 0 Å². The Hall–Kier alpha value is -2.05. The zero-order valence-corrected chi connectivity index (χ0v) is 15.3. The van der Waals surface area contributed by atoms with Gasteiger partial charge in [-0.15, -0.1) is 11.8 Å². The quantitative estimate of drug-likeness (QED) is 0.744. The number of ether oxygens (including phenoxy) is 2. The summed E-state index contributed by atoms with van der Waals surface area (Å²) in [7, 11) is 3.16. The molecule has 2 aromatic rings. The Morgan fingerprint density at radius 3 is 2.54 bits per heavy atom. The highest BCUT2D eigenvalue weighted by Gasteiger charge is 2.09. The predicted octanol–water partition coefficient (Wildman–Crippen LogP) is 4.40. The number of halogens is 1. The van der Waals surface area contributed by atoms with Crippen LogP contribution in [0.4, 0.5) is 10.5 Å². The molecule has 0 aromatic heterocycles. The Balaban J connectivity index is 2.00. The van der Waals surface area contributed by atoms with Gasteiger partial charge >= 0.3 is 6.03 Å². The molecule has 0 fully saturated rings. The maximum absolute atomic E-state index is 12.1. The molecule has 0 unspecified atom stereocenters. The van der Waals surface area contributed by atoms with Gasteiger partial charge < -0.3 is 20.1 Å². The number of nitrogens with one attached hydrogen (secondary N) is 2. The van der Waals surface area contributed by atoms with Crippen LogP contribution in [0.3, 0.4) is 0 Å². The number of anilines is 1. The van der Waals surface area contributed by atoms with E-state index in [0.717, 1.165) is 10.5 Å². The summed E-state index contributed by atoms with van der Waals surface area (Å²) in [6.07, 6.45) is 1.94. The monoisotopic (exact) mass is 366 g/mol. The van der Waals surface area contributed by atoms with Crippen molar-refractivity contribution in [1.82, 2.24) is 5.32 Å². The van der Waals surface area contributed by atoms with E-state index in [1.54, 1.807) is 32.4 Å². The fourth-order valence-electron chi connectivity index (χ4n) is 2.12. The molecule has 2 rings (SSSR count). The Kier molecular flexibility index (Phi) is 6.63. The van der Waals surface area contributed by atoms with E-state index in [-0.39, 0.29) is 6.03 Å². The maximum atomic E-state index is 12.1. The van der Waals surface area contributed by atoms with E-state index in [1.165, 1.54) is 11.8 Å². The molecule has 0 aliphatic carbocycles. The summed E-state index contributed by atoms with van der Waals surface area (Å²) >= 11 is 7.52. The van der Waals surface area contributed by atoms with Gasteiger partial charge in [0.25, 0.3) is 0 Å². The van der Waals surface area contributed by atoms with Gasteiger partial charge in [-0.1, -0.05) is 17.7 Å². The van der Waals surface area contributed by atoms with Crippen LogP contribution in [0, 0.1) is 0 Å². The fourth-order valence-corrected chi connectivity index (χ4v) is 2.82. The molecule has 128 valence electrons. The van der Waals surface area contributed by atoms with Crippen LogP contribution in [0.25, 0.3) is 0 Å². The largest absolute Gasteiger partial charge is 0.493 e. The Labute approximate surface area is 150 Å². The first-order valence-corrected chi connectivity index (χ1v) is 8.77. The molecule has 24 heavy (non-hydrogen) atoms. The molecule has 2 aromatic carbocycles. The minimum absolute atomic E-state index is 0.303. The van der Waals surface area contributed by atoms with Gasteiger partial charge in [-0.2, -0.15) is 0 Å². The Morgan fingerprint density at radius 1 is 1.12 bits per heavy atom. The van der Waals surface area contributed by atoms with E-state index < -0.39 is 0 Å². The van der Waals surface area contributed by atoms with E-state index >= 15 is 0 Å². The van der Waals surface area contributed by atoms with Crippen LogP contribution in [0.1, 0.15) is 5.56 Å². The Morgan fingerprint density at radius 2 is 1.88 bits per heavy atom. The lowest BCUT2D eigenvalue weighted by Gasteiger charge is -2.12. The molecule has 7 heteroatoms. The number of thioether (sulfide) groups is 1. The van der Waals surface area contributed by atoms with E-state index in [0.29, 0.717) is 28.8 Å². The summed E-state index contributed by atoms with van der Waals surface area (Å²) in [6, 6.07) is 10.6. The molecule has 2 N–H and O–H groups in total. The lowest BCUT2D eigenvalue weighted by atomic mass is 10.2. The molecule has 0 aliphatic rings. The van der Waals surface area contributed by atoms with Crippen molar-refractivity contribution in [3.05, 3.63) is 47.0 Å². The van der Waals surface area contributed by atoms with Crippen LogP contribution in [0.5, 0.6) is 11.5 Å². The molecule has 0 radical (unpaired) electrons. The first-order chi connectivity index (χ1) is 11.6. The lowest BCUT2D eigenvalue weighted by molar-refractivity contribution is 0.251. The molecular weight excluding hydrogens is 348 g/mol. The third-order valence-corrected chi connectivity index (χ3v) is 4.34. The van der Waals surface area contributed by atoms with Crippen LogP contribution >= 0.6 is 23.4 Å². The molecule has 2 amide bonds. The number of carbonyl (C=O) groups excluding carboxylic acids is 1. The molecule has 0 bridgehead atoms. The van der Waals surface area contributed by atoms with Gasteiger partial charge in [-0.05, 0) is 42.2 Å². The zero-order chi connectivity index (χ0) is 17.5. The third-order valence-electron chi connectivity index (χ3n) is 3.31. The van der Waals surface area contributed by atoms with Gasteiger partial charge in [0.15, 0.2) is 11.5 Å². The molecule has 5 nitrogen and oxygen atoms in total. The minimum atomic E-state index is -0.303. The summed E-state index contributed by atoms with van der Waals surface area (Å²) in [5, 5.41) is 6.19. The number of methoxy groups -OCH3 is 2. The average Bonchev–Trinajstić information content (AvgIpc) is 2.59. The van der Waals surface area contributed by atoms with Crippen molar-refractivity contribution in [3.8, 4) is 11.5 Å². The molecule has 0 saturated carbocycles. The number of amides is 2. The van der Waals surface area contributed by atoms with Crippen LogP contribution in [-0.2, 0) is 6.54 Å². The number of hydrogen-bond donors (Lipinski definition) is 2. The first kappa shape index (κ1) is 18.3. The van der Waals surface area contributed by atoms with Crippen molar-refractivity contribution >= 4 is 35.1 Å². The second-order valence-electron chi connectivity index (χ2n) is 4.84. The second kappa shape index (κ2) is 8.70. The van der Waals surface area contributed by atoms with E-state index in [9.17, 15) is 4.79 Å². The number of benzene rings is 2. The van der Waals surface area contributed by atoms with Gasteiger partial charge in [0.2, 0.25) is 0 Å². The number of rotatable bonds is 6. The van der Waals surface area contributed by atoms with Gasteiger partial charge in [0.05, 0.1) is 19.9 Å². The topological polar surface area (TPSA) is 59.6 Å². The number of carbonyl (C=O) groups is 1. The van der Waals surface area contributed by atoms with Crippen molar-refractivity contribution < 1.29 is 14.3 Å². The third kappa shape index (κ3) is 4.72. The summed E-state index contributed by atoms with van der Waals surface area (Å²) in [4.78, 5) is 13.1. The van der Waals surface area contributed by atoms with Gasteiger partial charge in [-0.25, -0.2) is 4.79 Å².